The van der Waals surface area contributed by atoms with Crippen LogP contribution in [0, 0.1) is 0 Å². The third-order valence-corrected chi connectivity index (χ3v) is 3.26. The van der Waals surface area contributed by atoms with Crippen LogP contribution in [-0.4, -0.2) is 42.8 Å². The molecule has 0 radical (unpaired) electrons. The van der Waals surface area contributed by atoms with E-state index in [9.17, 15) is 4.79 Å². The lowest BCUT2D eigenvalue weighted by Gasteiger charge is -2.40. The molecule has 1 heterocycles. The van der Waals surface area contributed by atoms with Crippen molar-refractivity contribution in [3.63, 3.8) is 0 Å². The molecule has 5 nitrogen and oxygen atoms in total. The highest BCUT2D eigenvalue weighted by Gasteiger charge is 2.33. The van der Waals surface area contributed by atoms with Gasteiger partial charge in [0.25, 0.3) is 0 Å². The molecule has 0 atom stereocenters. The van der Waals surface area contributed by atoms with Crippen molar-refractivity contribution < 1.29 is 14.3 Å². The van der Waals surface area contributed by atoms with E-state index in [1.54, 1.807) is 12.0 Å². The van der Waals surface area contributed by atoms with Crippen LogP contribution in [0.4, 0.5) is 4.79 Å². The molecule has 116 valence electrons. The number of ether oxygens (including phenoxy) is 2. The van der Waals surface area contributed by atoms with E-state index in [-0.39, 0.29) is 6.09 Å². The quantitative estimate of drug-likeness (QED) is 0.926. The van der Waals surface area contributed by atoms with Crippen LogP contribution in [0.3, 0.4) is 0 Å². The lowest BCUT2D eigenvalue weighted by molar-refractivity contribution is 0.00519. The summed E-state index contributed by atoms with van der Waals surface area (Å²) < 4.78 is 10.5. The topological polar surface area (TPSA) is 50.8 Å². The predicted molar refractivity (Wildman–Crippen MR) is 81.4 cm³/mol. The molecule has 0 aromatic heterocycles. The number of benzene rings is 1. The van der Waals surface area contributed by atoms with E-state index in [0.29, 0.717) is 19.1 Å². The van der Waals surface area contributed by atoms with Gasteiger partial charge < -0.3 is 19.7 Å². The Kier molecular flexibility index (Phi) is 4.73. The summed E-state index contributed by atoms with van der Waals surface area (Å²) in [5.74, 6) is 0.860. The minimum absolute atomic E-state index is 0.234. The van der Waals surface area contributed by atoms with Gasteiger partial charge in [0.15, 0.2) is 0 Å². The first-order valence-electron chi connectivity index (χ1n) is 7.21. The maximum absolute atomic E-state index is 11.8. The number of likely N-dealkylation sites (tertiary alicyclic amines) is 1. The molecule has 1 amide bonds. The molecule has 1 aromatic carbocycles. The Balaban J connectivity index is 1.72. The fourth-order valence-corrected chi connectivity index (χ4v) is 2.13. The van der Waals surface area contributed by atoms with E-state index in [4.69, 9.17) is 9.47 Å². The van der Waals surface area contributed by atoms with Gasteiger partial charge in [-0.15, -0.1) is 0 Å². The van der Waals surface area contributed by atoms with Gasteiger partial charge in [0.05, 0.1) is 7.11 Å². The molecule has 0 unspecified atom stereocenters. The highest BCUT2D eigenvalue weighted by atomic mass is 16.6. The minimum atomic E-state index is -0.434. The van der Waals surface area contributed by atoms with E-state index in [0.717, 1.165) is 12.3 Å². The van der Waals surface area contributed by atoms with Crippen LogP contribution in [0.2, 0.25) is 0 Å². The number of methoxy groups -OCH3 is 1. The van der Waals surface area contributed by atoms with Gasteiger partial charge in [0, 0.05) is 25.7 Å². The number of carbonyl (C=O) groups excluding carboxylic acids is 1. The van der Waals surface area contributed by atoms with Gasteiger partial charge in [0.1, 0.15) is 11.4 Å². The van der Waals surface area contributed by atoms with Crippen LogP contribution in [0.1, 0.15) is 26.3 Å². The normalized spacial score (nSPS) is 15.5. The number of carbonyl (C=O) groups is 1. The van der Waals surface area contributed by atoms with Crippen molar-refractivity contribution in [3.8, 4) is 5.75 Å². The molecule has 21 heavy (non-hydrogen) atoms. The number of nitrogens with zero attached hydrogens (tertiary/aromatic N) is 1. The van der Waals surface area contributed by atoms with Gasteiger partial charge in [-0.3, -0.25) is 0 Å². The lowest BCUT2D eigenvalue weighted by Crippen LogP contribution is -2.60. The largest absolute Gasteiger partial charge is 0.497 e. The summed E-state index contributed by atoms with van der Waals surface area (Å²) in [7, 11) is 1.66. The third kappa shape index (κ3) is 4.63. The molecule has 0 bridgehead atoms. The van der Waals surface area contributed by atoms with E-state index in [1.165, 1.54) is 5.56 Å². The van der Waals surface area contributed by atoms with Crippen LogP contribution in [-0.2, 0) is 11.3 Å². The number of hydrogen-bond acceptors (Lipinski definition) is 4. The molecule has 2 rings (SSSR count). The Labute approximate surface area is 126 Å². The Bertz CT molecular complexity index is 491. The van der Waals surface area contributed by atoms with Crippen molar-refractivity contribution in [1.82, 2.24) is 10.2 Å². The average Bonchev–Trinajstić information content (AvgIpc) is 2.35. The molecule has 0 spiro atoms. The van der Waals surface area contributed by atoms with E-state index < -0.39 is 5.60 Å². The minimum Gasteiger partial charge on any atom is -0.497 e. The van der Waals surface area contributed by atoms with Crippen molar-refractivity contribution in [2.24, 2.45) is 0 Å². The summed E-state index contributed by atoms with van der Waals surface area (Å²) in [5, 5.41) is 3.43. The van der Waals surface area contributed by atoms with Gasteiger partial charge in [-0.05, 0) is 38.5 Å². The second-order valence-electron chi connectivity index (χ2n) is 6.31. The fraction of sp³-hybridized carbons (Fsp3) is 0.562. The SMILES string of the molecule is COc1cccc(CNC2CN(C(=O)OC(C)(C)C)C2)c1. The molecule has 5 heteroatoms. The molecule has 1 aliphatic rings. The van der Waals surface area contributed by atoms with Crippen LogP contribution in [0.25, 0.3) is 0 Å². The third-order valence-electron chi connectivity index (χ3n) is 3.26. The summed E-state index contributed by atoms with van der Waals surface area (Å²) >= 11 is 0. The first-order valence-corrected chi connectivity index (χ1v) is 7.21. The van der Waals surface area contributed by atoms with Crippen LogP contribution in [0.15, 0.2) is 24.3 Å². The lowest BCUT2D eigenvalue weighted by atomic mass is 10.1. The van der Waals surface area contributed by atoms with Gasteiger partial charge in [0.2, 0.25) is 0 Å². The summed E-state index contributed by atoms with van der Waals surface area (Å²) in [5.41, 5.74) is 0.737. The second-order valence-corrected chi connectivity index (χ2v) is 6.31. The molecule has 0 saturated carbocycles. The smallest absolute Gasteiger partial charge is 0.410 e. The van der Waals surface area contributed by atoms with Crippen molar-refractivity contribution >= 4 is 6.09 Å². The van der Waals surface area contributed by atoms with Crippen molar-refractivity contribution in [3.05, 3.63) is 29.8 Å². The van der Waals surface area contributed by atoms with Crippen LogP contribution in [0.5, 0.6) is 5.75 Å². The summed E-state index contributed by atoms with van der Waals surface area (Å²) in [6.45, 7) is 7.79. The zero-order valence-electron chi connectivity index (χ0n) is 13.2. The van der Waals surface area contributed by atoms with Gasteiger partial charge in [-0.1, -0.05) is 12.1 Å². The van der Waals surface area contributed by atoms with Crippen molar-refractivity contribution in [2.45, 2.75) is 39.0 Å². The van der Waals surface area contributed by atoms with Crippen LogP contribution >= 0.6 is 0 Å². The molecular weight excluding hydrogens is 268 g/mol. The van der Waals surface area contributed by atoms with Crippen molar-refractivity contribution in [1.29, 1.82) is 0 Å². The highest BCUT2D eigenvalue weighted by Crippen LogP contribution is 2.16. The maximum Gasteiger partial charge on any atom is 0.410 e. The number of nitrogens with one attached hydrogen (secondary N) is 1. The van der Waals surface area contributed by atoms with Crippen molar-refractivity contribution in [2.75, 3.05) is 20.2 Å². The first-order chi connectivity index (χ1) is 9.87. The second kappa shape index (κ2) is 6.35. The molecule has 1 aliphatic heterocycles. The maximum atomic E-state index is 11.8. The summed E-state index contributed by atoms with van der Waals surface area (Å²) in [4.78, 5) is 13.5. The molecule has 1 aromatic rings. The van der Waals surface area contributed by atoms with E-state index in [2.05, 4.69) is 11.4 Å². The summed E-state index contributed by atoms with van der Waals surface area (Å²) in [6.07, 6.45) is -0.234. The van der Waals surface area contributed by atoms with E-state index >= 15 is 0 Å². The Hall–Kier alpha value is -1.75. The molecular formula is C16H24N2O3. The Morgan fingerprint density at radius 3 is 2.71 bits per heavy atom. The number of amides is 1. The Morgan fingerprint density at radius 2 is 2.10 bits per heavy atom. The average molecular weight is 292 g/mol. The van der Waals surface area contributed by atoms with E-state index in [1.807, 2.05) is 39.0 Å². The monoisotopic (exact) mass is 292 g/mol. The Morgan fingerprint density at radius 1 is 1.38 bits per heavy atom. The molecule has 1 N–H and O–H groups in total. The standard InChI is InChI=1S/C16H24N2O3/c1-16(2,3)21-15(19)18-10-13(11-18)17-9-12-6-5-7-14(8-12)20-4/h5-8,13,17H,9-11H2,1-4H3. The zero-order valence-corrected chi connectivity index (χ0v) is 13.2. The van der Waals surface area contributed by atoms with Gasteiger partial charge >= 0.3 is 6.09 Å². The van der Waals surface area contributed by atoms with Crippen LogP contribution < -0.4 is 10.1 Å². The highest BCUT2D eigenvalue weighted by molar-refractivity contribution is 5.69. The number of hydrogen-bond donors (Lipinski definition) is 1. The zero-order chi connectivity index (χ0) is 15.5. The van der Waals surface area contributed by atoms with Gasteiger partial charge in [-0.2, -0.15) is 0 Å². The molecule has 1 saturated heterocycles. The van der Waals surface area contributed by atoms with Gasteiger partial charge in [-0.25, -0.2) is 4.79 Å². The fourth-order valence-electron chi connectivity index (χ4n) is 2.13. The molecule has 1 fully saturated rings. The molecule has 0 aliphatic carbocycles. The first kappa shape index (κ1) is 15.6. The summed E-state index contributed by atoms with van der Waals surface area (Å²) in [6, 6.07) is 8.29. The predicted octanol–water partition coefficient (Wildman–Crippen LogP) is 2.40. The number of rotatable bonds is 4.